The summed E-state index contributed by atoms with van der Waals surface area (Å²) in [6.45, 7) is 5.62. The van der Waals surface area contributed by atoms with Crippen molar-refractivity contribution in [3.8, 4) is 0 Å². The van der Waals surface area contributed by atoms with Crippen molar-refractivity contribution in [3.63, 3.8) is 0 Å². The van der Waals surface area contributed by atoms with Crippen molar-refractivity contribution in [3.05, 3.63) is 11.8 Å². The largest absolute Gasteiger partial charge is 0.358 e. The lowest BCUT2D eigenvalue weighted by molar-refractivity contribution is -0.123. The van der Waals surface area contributed by atoms with Gasteiger partial charge in [0.05, 0.1) is 0 Å². The zero-order chi connectivity index (χ0) is 13.7. The molecule has 1 aromatic rings. The Balaban J connectivity index is 2.06. The van der Waals surface area contributed by atoms with Crippen molar-refractivity contribution < 1.29 is 4.79 Å². The molecule has 3 N–H and O–H groups in total. The molecule has 1 amide bonds. The summed E-state index contributed by atoms with van der Waals surface area (Å²) in [7, 11) is 0. The normalized spacial score (nSPS) is 18.8. The van der Waals surface area contributed by atoms with Gasteiger partial charge in [-0.15, -0.1) is 0 Å². The zero-order valence-electron chi connectivity index (χ0n) is 11.5. The number of nitrogens with one attached hydrogen (secondary N) is 3. The number of aryl methyl sites for hydroxylation is 1. The molecular weight excluding hydrogens is 242 g/mol. The van der Waals surface area contributed by atoms with E-state index in [0.29, 0.717) is 11.8 Å². The Morgan fingerprint density at radius 2 is 2.32 bits per heavy atom. The van der Waals surface area contributed by atoms with Crippen LogP contribution in [0, 0.1) is 6.92 Å². The van der Waals surface area contributed by atoms with Gasteiger partial charge in [-0.1, -0.05) is 6.92 Å². The van der Waals surface area contributed by atoms with Gasteiger partial charge >= 0.3 is 0 Å². The van der Waals surface area contributed by atoms with Crippen LogP contribution >= 0.6 is 0 Å². The summed E-state index contributed by atoms with van der Waals surface area (Å²) in [6.07, 6.45) is 2.85. The molecule has 104 valence electrons. The number of carbonyl (C=O) groups is 1. The van der Waals surface area contributed by atoms with Gasteiger partial charge in [0.15, 0.2) is 0 Å². The van der Waals surface area contributed by atoms with Gasteiger partial charge in [0.1, 0.15) is 11.9 Å². The van der Waals surface area contributed by atoms with Gasteiger partial charge < -0.3 is 16.0 Å². The highest BCUT2D eigenvalue weighted by atomic mass is 16.2. The highest BCUT2D eigenvalue weighted by Gasteiger charge is 2.22. The molecule has 0 spiro atoms. The molecule has 1 aliphatic rings. The van der Waals surface area contributed by atoms with Crippen LogP contribution < -0.4 is 16.0 Å². The van der Waals surface area contributed by atoms with E-state index in [0.717, 1.165) is 38.0 Å². The smallest absolute Gasteiger partial charge is 0.242 e. The van der Waals surface area contributed by atoms with Gasteiger partial charge in [0.2, 0.25) is 11.9 Å². The SMILES string of the molecule is CCCNc1nc(C)cc(NC2CCCNC2=O)n1. The summed E-state index contributed by atoms with van der Waals surface area (Å²) in [5.74, 6) is 1.36. The molecule has 1 fully saturated rings. The molecule has 19 heavy (non-hydrogen) atoms. The average Bonchev–Trinajstić information content (AvgIpc) is 2.38. The van der Waals surface area contributed by atoms with E-state index in [1.165, 1.54) is 0 Å². The van der Waals surface area contributed by atoms with Crippen LogP contribution in [-0.2, 0) is 4.79 Å². The second kappa shape index (κ2) is 6.36. The van der Waals surface area contributed by atoms with E-state index in [2.05, 4.69) is 32.8 Å². The molecule has 1 aliphatic heterocycles. The molecule has 1 atom stereocenters. The number of nitrogens with zero attached hydrogens (tertiary/aromatic N) is 2. The Morgan fingerprint density at radius 1 is 1.47 bits per heavy atom. The van der Waals surface area contributed by atoms with Crippen LogP contribution in [0.15, 0.2) is 6.07 Å². The second-order valence-electron chi connectivity index (χ2n) is 4.78. The third-order valence-corrected chi connectivity index (χ3v) is 2.99. The van der Waals surface area contributed by atoms with E-state index >= 15 is 0 Å². The molecule has 0 aromatic carbocycles. The minimum absolute atomic E-state index is 0.0468. The molecule has 6 nitrogen and oxygen atoms in total. The van der Waals surface area contributed by atoms with E-state index in [9.17, 15) is 4.79 Å². The fraction of sp³-hybridized carbons (Fsp3) is 0.615. The Hall–Kier alpha value is -1.85. The van der Waals surface area contributed by atoms with Crippen LogP contribution in [0.1, 0.15) is 31.9 Å². The second-order valence-corrected chi connectivity index (χ2v) is 4.78. The van der Waals surface area contributed by atoms with Crippen molar-refractivity contribution in [2.45, 2.75) is 39.2 Å². The van der Waals surface area contributed by atoms with Gasteiger partial charge in [0.25, 0.3) is 0 Å². The van der Waals surface area contributed by atoms with Crippen LogP contribution in [0.25, 0.3) is 0 Å². The minimum Gasteiger partial charge on any atom is -0.358 e. The maximum atomic E-state index is 11.7. The van der Waals surface area contributed by atoms with Crippen LogP contribution in [0.4, 0.5) is 11.8 Å². The first kappa shape index (κ1) is 13.6. The number of hydrogen-bond donors (Lipinski definition) is 3. The topological polar surface area (TPSA) is 78.9 Å². The highest BCUT2D eigenvalue weighted by molar-refractivity contribution is 5.85. The summed E-state index contributed by atoms with van der Waals surface area (Å²) in [5.41, 5.74) is 0.882. The lowest BCUT2D eigenvalue weighted by atomic mass is 10.1. The number of rotatable bonds is 5. The van der Waals surface area contributed by atoms with E-state index in [1.54, 1.807) is 0 Å². The lowest BCUT2D eigenvalue weighted by Crippen LogP contribution is -2.44. The minimum atomic E-state index is -0.193. The molecule has 0 aliphatic carbocycles. The molecular formula is C13H21N5O. The fourth-order valence-corrected chi connectivity index (χ4v) is 2.05. The standard InChI is InChI=1S/C13H21N5O/c1-3-6-15-13-16-9(2)8-11(18-13)17-10-5-4-7-14-12(10)19/h8,10H,3-7H2,1-2H3,(H,14,19)(H2,15,16,17,18). The first-order chi connectivity index (χ1) is 9.19. The molecule has 0 bridgehead atoms. The van der Waals surface area contributed by atoms with E-state index in [-0.39, 0.29) is 11.9 Å². The molecule has 0 saturated carbocycles. The molecule has 1 saturated heterocycles. The molecule has 1 aromatic heterocycles. The summed E-state index contributed by atoms with van der Waals surface area (Å²) in [4.78, 5) is 20.4. The predicted molar refractivity (Wildman–Crippen MR) is 75.2 cm³/mol. The molecule has 2 rings (SSSR count). The monoisotopic (exact) mass is 263 g/mol. The maximum absolute atomic E-state index is 11.7. The van der Waals surface area contributed by atoms with E-state index < -0.39 is 0 Å². The quantitative estimate of drug-likeness (QED) is 0.746. The Morgan fingerprint density at radius 3 is 3.05 bits per heavy atom. The highest BCUT2D eigenvalue weighted by Crippen LogP contribution is 2.14. The lowest BCUT2D eigenvalue weighted by Gasteiger charge is -2.23. The van der Waals surface area contributed by atoms with Crippen molar-refractivity contribution >= 4 is 17.7 Å². The maximum Gasteiger partial charge on any atom is 0.242 e. The number of anilines is 2. The summed E-state index contributed by atoms with van der Waals surface area (Å²) in [5, 5.41) is 9.20. The summed E-state index contributed by atoms with van der Waals surface area (Å²) < 4.78 is 0. The van der Waals surface area contributed by atoms with Crippen molar-refractivity contribution in [1.29, 1.82) is 0 Å². The predicted octanol–water partition coefficient (Wildman–Crippen LogP) is 1.30. The number of aromatic nitrogens is 2. The van der Waals surface area contributed by atoms with Crippen LogP contribution in [0.3, 0.4) is 0 Å². The average molecular weight is 263 g/mol. The van der Waals surface area contributed by atoms with Crippen molar-refractivity contribution in [2.75, 3.05) is 23.7 Å². The molecule has 2 heterocycles. The first-order valence-electron chi connectivity index (χ1n) is 6.83. The number of hydrogen-bond acceptors (Lipinski definition) is 5. The number of piperidine rings is 1. The Labute approximate surface area is 113 Å². The zero-order valence-corrected chi connectivity index (χ0v) is 11.5. The number of carbonyl (C=O) groups excluding carboxylic acids is 1. The Kier molecular flexibility index (Phi) is 4.54. The van der Waals surface area contributed by atoms with E-state index in [1.807, 2.05) is 13.0 Å². The molecule has 6 heteroatoms. The third-order valence-electron chi connectivity index (χ3n) is 2.99. The summed E-state index contributed by atoms with van der Waals surface area (Å²) in [6, 6.07) is 1.67. The van der Waals surface area contributed by atoms with Gasteiger partial charge in [-0.25, -0.2) is 4.98 Å². The van der Waals surface area contributed by atoms with Crippen LogP contribution in [0.2, 0.25) is 0 Å². The molecule has 0 radical (unpaired) electrons. The van der Waals surface area contributed by atoms with Gasteiger partial charge in [-0.2, -0.15) is 4.98 Å². The third kappa shape index (κ3) is 3.81. The van der Waals surface area contributed by atoms with Crippen molar-refractivity contribution in [2.24, 2.45) is 0 Å². The Bertz CT molecular complexity index is 449. The van der Waals surface area contributed by atoms with E-state index in [4.69, 9.17) is 0 Å². The van der Waals surface area contributed by atoms with Gasteiger partial charge in [-0.05, 0) is 26.2 Å². The summed E-state index contributed by atoms with van der Waals surface area (Å²) >= 11 is 0. The molecule has 1 unspecified atom stereocenters. The number of amides is 1. The fourth-order valence-electron chi connectivity index (χ4n) is 2.05. The van der Waals surface area contributed by atoms with Crippen molar-refractivity contribution in [1.82, 2.24) is 15.3 Å². The van der Waals surface area contributed by atoms with Crippen LogP contribution in [-0.4, -0.2) is 35.0 Å². The van der Waals surface area contributed by atoms with Gasteiger partial charge in [0, 0.05) is 24.8 Å². The van der Waals surface area contributed by atoms with Gasteiger partial charge in [-0.3, -0.25) is 4.79 Å². The van der Waals surface area contributed by atoms with Crippen LogP contribution in [0.5, 0.6) is 0 Å². The first-order valence-corrected chi connectivity index (χ1v) is 6.83.